The van der Waals surface area contributed by atoms with E-state index in [0.717, 1.165) is 12.1 Å². The average Bonchev–Trinajstić information content (AvgIpc) is 2.59. The third kappa shape index (κ3) is 6.21. The lowest BCUT2D eigenvalue weighted by Crippen LogP contribution is -2.21. The Labute approximate surface area is 152 Å². The van der Waals surface area contributed by atoms with Crippen molar-refractivity contribution in [3.05, 3.63) is 59.7 Å². The number of nitrogens with zero attached hydrogens (tertiary/aromatic N) is 1. The molecule has 2 amide bonds. The van der Waals surface area contributed by atoms with Gasteiger partial charge in [0.1, 0.15) is 18.1 Å². The molecule has 0 atom stereocenters. The summed E-state index contributed by atoms with van der Waals surface area (Å²) in [5, 5.41) is 13.1. The zero-order valence-corrected chi connectivity index (χ0v) is 13.8. The molecule has 2 rings (SSSR count). The van der Waals surface area contributed by atoms with E-state index in [1.54, 1.807) is 6.07 Å². The molecule has 0 saturated carbocycles. The Balaban J connectivity index is 1.86. The maximum atomic E-state index is 13.0. The zero-order chi connectivity index (χ0) is 19.8. The molecule has 9 heteroatoms. The highest BCUT2D eigenvalue weighted by Gasteiger charge is 2.12. The van der Waals surface area contributed by atoms with Crippen molar-refractivity contribution in [2.45, 2.75) is 6.42 Å². The number of amides is 2. The second-order valence-corrected chi connectivity index (χ2v) is 5.24. The molecular formula is C18H13F2N3O4. The van der Waals surface area contributed by atoms with Gasteiger partial charge in [-0.05, 0) is 36.4 Å². The molecule has 0 fully saturated rings. The number of carbonyl (C=O) groups excluding carboxylic acids is 3. The summed E-state index contributed by atoms with van der Waals surface area (Å²) < 4.78 is 30.9. The molecular weight excluding hydrogens is 360 g/mol. The standard InChI is InChI=1S/C18H13F2N3O4/c19-12-7-13(20)9-15(8-12)23-17(25)10-27-18(26)11-1-3-14(4-2-11)22-16(24)5-6-21/h1-4,7-9H,5,10H2,(H,22,24)(H,23,25). The van der Waals surface area contributed by atoms with Crippen LogP contribution in [0.4, 0.5) is 20.2 Å². The number of hydrogen-bond donors (Lipinski definition) is 2. The summed E-state index contributed by atoms with van der Waals surface area (Å²) in [5.41, 5.74) is 0.404. The van der Waals surface area contributed by atoms with E-state index in [1.165, 1.54) is 24.3 Å². The molecule has 0 aromatic heterocycles. The van der Waals surface area contributed by atoms with Gasteiger partial charge in [0.25, 0.3) is 5.91 Å². The summed E-state index contributed by atoms with van der Waals surface area (Å²) in [6.07, 6.45) is -0.298. The van der Waals surface area contributed by atoms with Crippen molar-refractivity contribution >= 4 is 29.2 Å². The van der Waals surface area contributed by atoms with E-state index in [9.17, 15) is 23.2 Å². The van der Waals surface area contributed by atoms with Gasteiger partial charge < -0.3 is 15.4 Å². The third-order valence-electron chi connectivity index (χ3n) is 3.12. The molecule has 0 radical (unpaired) electrons. The Kier molecular flexibility index (Phi) is 6.55. The van der Waals surface area contributed by atoms with Crippen LogP contribution in [0, 0.1) is 23.0 Å². The van der Waals surface area contributed by atoms with Crippen molar-refractivity contribution in [3.63, 3.8) is 0 Å². The van der Waals surface area contributed by atoms with Crippen LogP contribution in [-0.2, 0) is 14.3 Å². The van der Waals surface area contributed by atoms with Gasteiger partial charge in [-0.3, -0.25) is 9.59 Å². The molecule has 0 saturated heterocycles. The molecule has 2 N–H and O–H groups in total. The Hall–Kier alpha value is -3.80. The van der Waals surface area contributed by atoms with Gasteiger partial charge in [0.05, 0.1) is 11.6 Å². The highest BCUT2D eigenvalue weighted by Crippen LogP contribution is 2.13. The molecule has 0 unspecified atom stereocenters. The van der Waals surface area contributed by atoms with Gasteiger partial charge in [-0.15, -0.1) is 0 Å². The number of carbonyl (C=O) groups is 3. The molecule has 2 aromatic rings. The number of rotatable bonds is 6. The van der Waals surface area contributed by atoms with Crippen LogP contribution in [0.5, 0.6) is 0 Å². The van der Waals surface area contributed by atoms with Crippen LogP contribution in [0.3, 0.4) is 0 Å². The van der Waals surface area contributed by atoms with E-state index < -0.39 is 36.0 Å². The highest BCUT2D eigenvalue weighted by molar-refractivity contribution is 5.96. The van der Waals surface area contributed by atoms with Crippen LogP contribution in [0.25, 0.3) is 0 Å². The first-order valence-corrected chi connectivity index (χ1v) is 7.57. The van der Waals surface area contributed by atoms with E-state index in [1.807, 2.05) is 0 Å². The summed E-state index contributed by atoms with van der Waals surface area (Å²) in [4.78, 5) is 34.9. The topological polar surface area (TPSA) is 108 Å². The molecule has 0 aliphatic rings. The minimum absolute atomic E-state index is 0.106. The summed E-state index contributed by atoms with van der Waals surface area (Å²) >= 11 is 0. The lowest BCUT2D eigenvalue weighted by molar-refractivity contribution is -0.119. The zero-order valence-electron chi connectivity index (χ0n) is 13.8. The van der Waals surface area contributed by atoms with Gasteiger partial charge in [0.15, 0.2) is 6.61 Å². The Morgan fingerprint density at radius 1 is 0.926 bits per heavy atom. The molecule has 7 nitrogen and oxygen atoms in total. The molecule has 2 aromatic carbocycles. The second kappa shape index (κ2) is 9.05. The lowest BCUT2D eigenvalue weighted by atomic mass is 10.2. The number of hydrogen-bond acceptors (Lipinski definition) is 5. The number of ether oxygens (including phenoxy) is 1. The van der Waals surface area contributed by atoms with Crippen LogP contribution in [0.15, 0.2) is 42.5 Å². The van der Waals surface area contributed by atoms with Crippen LogP contribution in [0.2, 0.25) is 0 Å². The number of benzene rings is 2. The van der Waals surface area contributed by atoms with Crippen molar-refractivity contribution < 1.29 is 27.9 Å². The van der Waals surface area contributed by atoms with Gasteiger partial charge in [0, 0.05) is 17.4 Å². The first-order valence-electron chi connectivity index (χ1n) is 7.57. The van der Waals surface area contributed by atoms with Crippen molar-refractivity contribution in [1.82, 2.24) is 0 Å². The first kappa shape index (κ1) is 19.5. The molecule has 0 bridgehead atoms. The van der Waals surface area contributed by atoms with Crippen LogP contribution in [-0.4, -0.2) is 24.4 Å². The van der Waals surface area contributed by atoms with E-state index in [-0.39, 0.29) is 17.7 Å². The smallest absolute Gasteiger partial charge is 0.338 e. The van der Waals surface area contributed by atoms with E-state index in [4.69, 9.17) is 10.00 Å². The summed E-state index contributed by atoms with van der Waals surface area (Å²) in [7, 11) is 0. The molecule has 0 spiro atoms. The van der Waals surface area contributed by atoms with Gasteiger partial charge in [0.2, 0.25) is 5.91 Å². The first-order chi connectivity index (χ1) is 12.9. The Bertz CT molecular complexity index is 888. The monoisotopic (exact) mass is 373 g/mol. The normalized spacial score (nSPS) is 9.81. The van der Waals surface area contributed by atoms with E-state index in [2.05, 4.69) is 10.6 Å². The van der Waals surface area contributed by atoms with Crippen molar-refractivity contribution in [1.29, 1.82) is 5.26 Å². The number of halogens is 2. The predicted octanol–water partition coefficient (Wildman–Crippen LogP) is 2.61. The maximum Gasteiger partial charge on any atom is 0.338 e. The van der Waals surface area contributed by atoms with Crippen LogP contribution >= 0.6 is 0 Å². The van der Waals surface area contributed by atoms with Crippen molar-refractivity contribution in [2.24, 2.45) is 0 Å². The fourth-order valence-electron chi connectivity index (χ4n) is 2.00. The minimum Gasteiger partial charge on any atom is -0.452 e. The Morgan fingerprint density at radius 2 is 1.52 bits per heavy atom. The Morgan fingerprint density at radius 3 is 2.11 bits per heavy atom. The van der Waals surface area contributed by atoms with Gasteiger partial charge >= 0.3 is 5.97 Å². The fourth-order valence-corrected chi connectivity index (χ4v) is 2.00. The van der Waals surface area contributed by atoms with Crippen LogP contribution in [0.1, 0.15) is 16.8 Å². The molecule has 138 valence electrons. The number of nitriles is 1. The molecule has 0 aliphatic heterocycles. The van der Waals surface area contributed by atoms with Gasteiger partial charge in [-0.1, -0.05) is 0 Å². The number of nitrogens with one attached hydrogen (secondary N) is 2. The summed E-state index contributed by atoms with van der Waals surface area (Å²) in [6, 6.07) is 9.79. The fraction of sp³-hybridized carbons (Fsp3) is 0.111. The minimum atomic E-state index is -0.857. The number of esters is 1. The lowest BCUT2D eigenvalue weighted by Gasteiger charge is -2.08. The largest absolute Gasteiger partial charge is 0.452 e. The predicted molar refractivity (Wildman–Crippen MR) is 90.6 cm³/mol. The summed E-state index contributed by atoms with van der Waals surface area (Å²) in [6.45, 7) is -0.655. The second-order valence-electron chi connectivity index (χ2n) is 5.24. The van der Waals surface area contributed by atoms with E-state index >= 15 is 0 Å². The number of anilines is 2. The molecule has 27 heavy (non-hydrogen) atoms. The quantitative estimate of drug-likeness (QED) is 0.757. The maximum absolute atomic E-state index is 13.0. The van der Waals surface area contributed by atoms with Crippen LogP contribution < -0.4 is 10.6 Å². The van der Waals surface area contributed by atoms with Crippen molar-refractivity contribution in [2.75, 3.05) is 17.2 Å². The third-order valence-corrected chi connectivity index (χ3v) is 3.12. The van der Waals surface area contributed by atoms with Gasteiger partial charge in [-0.2, -0.15) is 5.26 Å². The molecule has 0 aliphatic carbocycles. The van der Waals surface area contributed by atoms with E-state index in [0.29, 0.717) is 11.8 Å². The summed E-state index contributed by atoms with van der Waals surface area (Å²) in [5.74, 6) is -3.77. The molecule has 0 heterocycles. The highest BCUT2D eigenvalue weighted by atomic mass is 19.1. The SMILES string of the molecule is N#CCC(=O)Nc1ccc(C(=O)OCC(=O)Nc2cc(F)cc(F)c2)cc1. The average molecular weight is 373 g/mol. The van der Waals surface area contributed by atoms with Gasteiger partial charge in [-0.25, -0.2) is 13.6 Å². The van der Waals surface area contributed by atoms with Crippen molar-refractivity contribution in [3.8, 4) is 6.07 Å².